The summed E-state index contributed by atoms with van der Waals surface area (Å²) in [6.45, 7) is 4.99. The van der Waals surface area contributed by atoms with Crippen LogP contribution in [0.5, 0.6) is 0 Å². The van der Waals surface area contributed by atoms with Gasteiger partial charge >= 0.3 is 5.97 Å². The lowest BCUT2D eigenvalue weighted by Crippen LogP contribution is -2.57. The average Bonchev–Trinajstić information content (AvgIpc) is 3.53. The molecule has 7 aliphatic rings. The Bertz CT molecular complexity index is 827. The molecule has 6 aliphatic carbocycles. The van der Waals surface area contributed by atoms with Gasteiger partial charge in [0.2, 0.25) is 0 Å². The number of fused-ring (bicyclic) bond motifs is 12. The molecule has 0 bridgehead atoms. The van der Waals surface area contributed by atoms with Crippen molar-refractivity contribution in [2.75, 3.05) is 0 Å². The number of carbonyl (C=O) groups excluding carboxylic acids is 2. The maximum absolute atomic E-state index is 12.2. The molecule has 0 N–H and O–H groups in total. The van der Waals surface area contributed by atoms with Crippen molar-refractivity contribution >= 4 is 11.8 Å². The van der Waals surface area contributed by atoms with Crippen LogP contribution in [0.1, 0.15) is 65.2 Å². The van der Waals surface area contributed by atoms with Crippen LogP contribution in [0.25, 0.3) is 0 Å². The number of hydrogen-bond acceptors (Lipinski definition) is 3. The highest BCUT2D eigenvalue weighted by Crippen LogP contribution is 2.82. The van der Waals surface area contributed by atoms with Crippen molar-refractivity contribution in [3.63, 3.8) is 0 Å². The van der Waals surface area contributed by atoms with Crippen LogP contribution in [0.3, 0.4) is 0 Å². The zero-order valence-corrected chi connectivity index (χ0v) is 16.5. The summed E-state index contributed by atoms with van der Waals surface area (Å²) >= 11 is 0. The Balaban J connectivity index is 1.33. The van der Waals surface area contributed by atoms with E-state index in [1.807, 2.05) is 0 Å². The maximum atomic E-state index is 12.2. The van der Waals surface area contributed by atoms with Gasteiger partial charge in [-0.25, -0.2) is 0 Å². The van der Waals surface area contributed by atoms with Crippen molar-refractivity contribution < 1.29 is 14.3 Å². The van der Waals surface area contributed by atoms with Crippen molar-refractivity contribution in [3.8, 4) is 0 Å². The Morgan fingerprint density at radius 2 is 1.85 bits per heavy atom. The summed E-state index contributed by atoms with van der Waals surface area (Å²) in [5.41, 5.74) is 1.85. The Morgan fingerprint density at radius 1 is 1.00 bits per heavy atom. The first-order valence-corrected chi connectivity index (χ1v) is 11.4. The quantitative estimate of drug-likeness (QED) is 0.600. The van der Waals surface area contributed by atoms with E-state index in [-0.39, 0.29) is 22.4 Å². The van der Waals surface area contributed by atoms with Crippen LogP contribution in [-0.4, -0.2) is 17.4 Å². The van der Waals surface area contributed by atoms with Crippen molar-refractivity contribution in [2.24, 2.45) is 52.3 Å². The molecule has 0 radical (unpaired) electrons. The molecule has 1 spiro atoms. The normalized spacial score (nSPS) is 62.0. The molecule has 6 fully saturated rings. The van der Waals surface area contributed by atoms with Crippen molar-refractivity contribution in [1.82, 2.24) is 0 Å². The number of ether oxygens (including phenoxy) is 1. The van der Waals surface area contributed by atoms with Crippen molar-refractivity contribution in [3.05, 3.63) is 11.6 Å². The predicted molar refractivity (Wildman–Crippen MR) is 99.5 cm³/mol. The van der Waals surface area contributed by atoms with E-state index >= 15 is 0 Å². The molecule has 3 heteroatoms. The molecule has 27 heavy (non-hydrogen) atoms. The summed E-state index contributed by atoms with van der Waals surface area (Å²) in [5, 5.41) is 0. The Morgan fingerprint density at radius 3 is 2.63 bits per heavy atom. The molecule has 1 heterocycles. The molecule has 0 amide bonds. The number of carbonyl (C=O) groups is 2. The Kier molecular flexibility index (Phi) is 2.56. The first-order valence-electron chi connectivity index (χ1n) is 11.4. The fourth-order valence-corrected chi connectivity index (χ4v) is 9.74. The monoisotopic (exact) mass is 366 g/mol. The lowest BCUT2D eigenvalue weighted by Gasteiger charge is -2.60. The van der Waals surface area contributed by atoms with E-state index in [0.29, 0.717) is 24.0 Å². The molecule has 0 aromatic carbocycles. The highest BCUT2D eigenvalue weighted by atomic mass is 16.6. The predicted octanol–water partition coefficient (Wildman–Crippen LogP) is 4.31. The van der Waals surface area contributed by atoms with E-state index < -0.39 is 0 Å². The lowest BCUT2D eigenvalue weighted by molar-refractivity contribution is -0.177. The standard InChI is InChI=1S/C24H30O3/c1-22-6-3-12(25)9-17(22)13-10-14(13)20-16(22)4-7-23(2)21(20)15-11-18(15)24(23)8-5-19(26)27-24/h9,13-16,18,20-21H,3-8,10-11H2,1-2H3/t13-,14+,15-,16-,18+,20-,21+,22-,23+,24-/m1/s1. The van der Waals surface area contributed by atoms with Gasteiger partial charge in [-0.05, 0) is 85.5 Å². The molecule has 144 valence electrons. The van der Waals surface area contributed by atoms with Gasteiger partial charge in [-0.2, -0.15) is 0 Å². The average molecular weight is 367 g/mol. The van der Waals surface area contributed by atoms with Gasteiger partial charge in [-0.15, -0.1) is 0 Å². The SMILES string of the molecule is C[C@]12CCC(=O)C=C1[C@@H]1C[C@@H]1[C@H]1[C@@H]3[C@@H]4C[C@@H]4[C@]4(CCC(=O)O4)[C@@]3(C)CC[C@H]12. The summed E-state index contributed by atoms with van der Waals surface area (Å²) < 4.78 is 6.22. The minimum Gasteiger partial charge on any atom is -0.458 e. The highest BCUT2D eigenvalue weighted by Gasteiger charge is 2.81. The fraction of sp³-hybridized carbons (Fsp3) is 0.833. The zero-order valence-electron chi connectivity index (χ0n) is 16.5. The van der Waals surface area contributed by atoms with Crippen LogP contribution in [-0.2, 0) is 14.3 Å². The van der Waals surface area contributed by atoms with E-state index in [9.17, 15) is 9.59 Å². The summed E-state index contributed by atoms with van der Waals surface area (Å²) in [5.74, 6) is 5.65. The van der Waals surface area contributed by atoms with Crippen LogP contribution in [0, 0.1) is 52.3 Å². The molecule has 0 aromatic heterocycles. The lowest BCUT2D eigenvalue weighted by atomic mass is 9.45. The number of esters is 1. The van der Waals surface area contributed by atoms with E-state index in [1.165, 1.54) is 31.3 Å². The van der Waals surface area contributed by atoms with Crippen LogP contribution in [0.2, 0.25) is 0 Å². The topological polar surface area (TPSA) is 43.4 Å². The first kappa shape index (κ1) is 15.8. The van der Waals surface area contributed by atoms with Gasteiger partial charge in [0.05, 0.1) is 0 Å². The number of allylic oxidation sites excluding steroid dienone is 1. The third kappa shape index (κ3) is 1.58. The summed E-state index contributed by atoms with van der Waals surface area (Å²) in [7, 11) is 0. The molecule has 7 rings (SSSR count). The van der Waals surface area contributed by atoms with E-state index in [1.54, 1.807) is 0 Å². The third-order valence-electron chi connectivity index (χ3n) is 10.9. The first-order chi connectivity index (χ1) is 12.9. The smallest absolute Gasteiger partial charge is 0.306 e. The molecular formula is C24H30O3. The van der Waals surface area contributed by atoms with Crippen LogP contribution in [0.15, 0.2) is 11.6 Å². The molecule has 1 saturated heterocycles. The second kappa shape index (κ2) is 4.39. The minimum atomic E-state index is -0.131. The zero-order chi connectivity index (χ0) is 18.3. The number of hydrogen-bond donors (Lipinski definition) is 0. The van der Waals surface area contributed by atoms with Crippen LogP contribution >= 0.6 is 0 Å². The largest absolute Gasteiger partial charge is 0.458 e. The molecule has 10 atom stereocenters. The van der Waals surface area contributed by atoms with E-state index in [0.717, 1.165) is 48.9 Å². The number of rotatable bonds is 0. The van der Waals surface area contributed by atoms with Gasteiger partial charge in [0, 0.05) is 24.2 Å². The summed E-state index contributed by atoms with van der Waals surface area (Å²) in [4.78, 5) is 24.3. The Labute approximate surface area is 161 Å². The maximum Gasteiger partial charge on any atom is 0.306 e. The van der Waals surface area contributed by atoms with Gasteiger partial charge in [-0.1, -0.05) is 19.4 Å². The second-order valence-electron chi connectivity index (χ2n) is 11.5. The summed E-state index contributed by atoms with van der Waals surface area (Å²) in [6, 6.07) is 0. The molecular weight excluding hydrogens is 336 g/mol. The van der Waals surface area contributed by atoms with E-state index in [4.69, 9.17) is 4.74 Å². The van der Waals surface area contributed by atoms with Crippen molar-refractivity contribution in [1.29, 1.82) is 0 Å². The van der Waals surface area contributed by atoms with Gasteiger partial charge < -0.3 is 4.74 Å². The highest BCUT2D eigenvalue weighted by molar-refractivity contribution is 5.92. The minimum absolute atomic E-state index is 0.0561. The second-order valence-corrected chi connectivity index (χ2v) is 11.5. The summed E-state index contributed by atoms with van der Waals surface area (Å²) in [6.07, 6.45) is 10.6. The molecule has 5 saturated carbocycles. The molecule has 1 aliphatic heterocycles. The van der Waals surface area contributed by atoms with E-state index in [2.05, 4.69) is 19.9 Å². The van der Waals surface area contributed by atoms with Crippen LogP contribution < -0.4 is 0 Å². The van der Waals surface area contributed by atoms with Gasteiger partial charge in [0.15, 0.2) is 5.78 Å². The number of ketones is 1. The molecule has 0 aromatic rings. The Hall–Kier alpha value is -1.12. The third-order valence-corrected chi connectivity index (χ3v) is 10.9. The molecule has 0 unspecified atom stereocenters. The van der Waals surface area contributed by atoms with Gasteiger partial charge in [0.25, 0.3) is 0 Å². The van der Waals surface area contributed by atoms with Crippen molar-refractivity contribution in [2.45, 2.75) is 70.8 Å². The molecule has 3 nitrogen and oxygen atoms in total. The fourth-order valence-electron chi connectivity index (χ4n) is 9.74. The van der Waals surface area contributed by atoms with Gasteiger partial charge in [-0.3, -0.25) is 9.59 Å². The van der Waals surface area contributed by atoms with Crippen LogP contribution in [0.4, 0.5) is 0 Å². The van der Waals surface area contributed by atoms with Gasteiger partial charge in [0.1, 0.15) is 5.60 Å².